The maximum Gasteiger partial charge on any atom is 0.0841 e. The van der Waals surface area contributed by atoms with E-state index in [1.165, 1.54) is 16.7 Å². The van der Waals surface area contributed by atoms with Gasteiger partial charge in [0, 0.05) is 14.5 Å². The molecule has 0 spiro atoms. The number of halogens is 2. The summed E-state index contributed by atoms with van der Waals surface area (Å²) in [4.78, 5) is 0. The molecule has 1 nitrogen and oxygen atoms in total. The van der Waals surface area contributed by atoms with Crippen molar-refractivity contribution in [1.29, 1.82) is 0 Å². The van der Waals surface area contributed by atoms with Crippen LogP contribution in [0.4, 0.5) is 0 Å². The van der Waals surface area contributed by atoms with Gasteiger partial charge in [0.2, 0.25) is 0 Å². The van der Waals surface area contributed by atoms with Crippen molar-refractivity contribution in [3.8, 4) is 0 Å². The minimum Gasteiger partial charge on any atom is -0.388 e. The van der Waals surface area contributed by atoms with E-state index >= 15 is 0 Å². The zero-order chi connectivity index (χ0) is 14.0. The van der Waals surface area contributed by atoms with E-state index in [1.54, 1.807) is 0 Å². The lowest BCUT2D eigenvalue weighted by Gasteiger charge is -2.15. The molecule has 2 rings (SSSR count). The highest BCUT2D eigenvalue weighted by Gasteiger charge is 2.13. The van der Waals surface area contributed by atoms with Crippen molar-refractivity contribution in [2.75, 3.05) is 0 Å². The van der Waals surface area contributed by atoms with E-state index in [4.69, 9.17) is 0 Å². The predicted molar refractivity (Wildman–Crippen MR) is 91.4 cm³/mol. The van der Waals surface area contributed by atoms with Gasteiger partial charge in [-0.15, -0.1) is 0 Å². The molecule has 0 aromatic heterocycles. The number of rotatable bonds is 3. The van der Waals surface area contributed by atoms with Gasteiger partial charge in [-0.05, 0) is 71.3 Å². The van der Waals surface area contributed by atoms with E-state index in [2.05, 4.69) is 70.6 Å². The van der Waals surface area contributed by atoms with Gasteiger partial charge in [0.15, 0.2) is 0 Å². The normalized spacial score (nSPS) is 12.5. The monoisotopic (exact) mass is 430 g/mol. The summed E-state index contributed by atoms with van der Waals surface area (Å²) < 4.78 is 2.10. The van der Waals surface area contributed by atoms with Crippen molar-refractivity contribution >= 4 is 38.5 Å². The van der Waals surface area contributed by atoms with Crippen LogP contribution in [0, 0.1) is 17.4 Å². The van der Waals surface area contributed by atoms with Crippen LogP contribution in [-0.4, -0.2) is 5.11 Å². The van der Waals surface area contributed by atoms with Gasteiger partial charge in [0.1, 0.15) is 0 Å². The number of aliphatic hydroxyl groups is 1. The van der Waals surface area contributed by atoms with E-state index in [0.29, 0.717) is 6.42 Å². The second-order valence-corrected chi connectivity index (χ2v) is 6.89. The topological polar surface area (TPSA) is 20.2 Å². The first kappa shape index (κ1) is 15.0. The van der Waals surface area contributed by atoms with Crippen molar-refractivity contribution < 1.29 is 5.11 Å². The molecule has 0 aliphatic carbocycles. The summed E-state index contributed by atoms with van der Waals surface area (Å²) in [6.07, 6.45) is 0.185. The van der Waals surface area contributed by atoms with Crippen LogP contribution in [0.15, 0.2) is 40.9 Å². The van der Waals surface area contributed by atoms with Gasteiger partial charge in [-0.3, -0.25) is 0 Å². The first-order chi connectivity index (χ1) is 8.97. The summed E-state index contributed by atoms with van der Waals surface area (Å²) in [6, 6.07) is 12.4. The number of hydrogen-bond acceptors (Lipinski definition) is 1. The first-order valence-corrected chi connectivity index (χ1v) is 8.03. The lowest BCUT2D eigenvalue weighted by atomic mass is 9.97. The molecule has 2 aromatic carbocycles. The average molecular weight is 431 g/mol. The van der Waals surface area contributed by atoms with Crippen molar-refractivity contribution in [3.05, 3.63) is 66.7 Å². The van der Waals surface area contributed by atoms with Crippen molar-refractivity contribution in [2.24, 2.45) is 0 Å². The Kier molecular flexibility index (Phi) is 5.03. The molecule has 0 saturated heterocycles. The summed E-state index contributed by atoms with van der Waals surface area (Å²) >= 11 is 5.73. The zero-order valence-electron chi connectivity index (χ0n) is 11.0. The van der Waals surface area contributed by atoms with Crippen LogP contribution in [0.1, 0.15) is 28.4 Å². The summed E-state index contributed by atoms with van der Waals surface area (Å²) in [6.45, 7) is 4.17. The van der Waals surface area contributed by atoms with E-state index in [0.717, 1.165) is 13.6 Å². The van der Waals surface area contributed by atoms with E-state index in [1.807, 2.05) is 18.2 Å². The van der Waals surface area contributed by atoms with Gasteiger partial charge in [0.25, 0.3) is 0 Å². The quantitative estimate of drug-likeness (QED) is 0.683. The molecule has 3 heteroatoms. The Morgan fingerprint density at radius 3 is 2.63 bits per heavy atom. The Morgan fingerprint density at radius 1 is 1.16 bits per heavy atom. The van der Waals surface area contributed by atoms with Gasteiger partial charge < -0.3 is 5.11 Å². The standard InChI is InChI=1S/C16H16BrIO/c1-10-3-4-11(2)12(7-10)8-16(19)14-9-13(17)5-6-15(14)18/h3-7,9,16,19H,8H2,1-2H3. The molecular formula is C16H16BrIO. The van der Waals surface area contributed by atoms with Crippen LogP contribution in [-0.2, 0) is 6.42 Å². The van der Waals surface area contributed by atoms with Crippen LogP contribution in [0.25, 0.3) is 0 Å². The molecule has 19 heavy (non-hydrogen) atoms. The Bertz CT molecular complexity index is 595. The molecule has 0 aliphatic rings. The molecule has 1 unspecified atom stereocenters. The lowest BCUT2D eigenvalue weighted by molar-refractivity contribution is 0.177. The highest BCUT2D eigenvalue weighted by Crippen LogP contribution is 2.27. The molecule has 1 N–H and O–H groups in total. The fourth-order valence-corrected chi connectivity index (χ4v) is 3.18. The molecule has 0 heterocycles. The highest BCUT2D eigenvalue weighted by molar-refractivity contribution is 14.1. The Balaban J connectivity index is 2.27. The van der Waals surface area contributed by atoms with Gasteiger partial charge >= 0.3 is 0 Å². The minimum absolute atomic E-state index is 0.468. The third-order valence-corrected chi connectivity index (χ3v) is 4.71. The maximum absolute atomic E-state index is 10.5. The molecule has 100 valence electrons. The first-order valence-electron chi connectivity index (χ1n) is 6.16. The molecule has 2 aromatic rings. The minimum atomic E-state index is -0.468. The number of aliphatic hydroxyl groups excluding tert-OH is 1. The van der Waals surface area contributed by atoms with Gasteiger partial charge in [-0.1, -0.05) is 39.7 Å². The fourth-order valence-electron chi connectivity index (χ4n) is 2.11. The molecule has 0 bridgehead atoms. The van der Waals surface area contributed by atoms with Crippen LogP contribution >= 0.6 is 38.5 Å². The number of aryl methyl sites for hydroxylation is 2. The molecule has 0 amide bonds. The van der Waals surface area contributed by atoms with Crippen molar-refractivity contribution in [2.45, 2.75) is 26.4 Å². The van der Waals surface area contributed by atoms with Gasteiger partial charge in [-0.25, -0.2) is 0 Å². The Hall–Kier alpha value is -0.390. The van der Waals surface area contributed by atoms with Crippen LogP contribution < -0.4 is 0 Å². The number of benzene rings is 2. The van der Waals surface area contributed by atoms with E-state index < -0.39 is 6.10 Å². The van der Waals surface area contributed by atoms with E-state index in [9.17, 15) is 5.11 Å². The second-order valence-electron chi connectivity index (χ2n) is 4.82. The lowest BCUT2D eigenvalue weighted by Crippen LogP contribution is -2.05. The maximum atomic E-state index is 10.5. The van der Waals surface area contributed by atoms with Crippen molar-refractivity contribution in [3.63, 3.8) is 0 Å². The van der Waals surface area contributed by atoms with E-state index in [-0.39, 0.29) is 0 Å². The smallest absolute Gasteiger partial charge is 0.0841 e. The molecular weight excluding hydrogens is 415 g/mol. The third kappa shape index (κ3) is 3.80. The Morgan fingerprint density at radius 2 is 1.89 bits per heavy atom. The molecule has 0 radical (unpaired) electrons. The Labute approximate surface area is 136 Å². The zero-order valence-corrected chi connectivity index (χ0v) is 14.7. The van der Waals surface area contributed by atoms with Crippen LogP contribution in [0.3, 0.4) is 0 Å². The average Bonchev–Trinajstić information content (AvgIpc) is 2.36. The highest BCUT2D eigenvalue weighted by atomic mass is 127. The second kappa shape index (κ2) is 6.37. The molecule has 0 saturated carbocycles. The van der Waals surface area contributed by atoms with Crippen LogP contribution in [0.2, 0.25) is 0 Å². The molecule has 0 aliphatic heterocycles. The molecule has 1 atom stereocenters. The summed E-state index contributed by atoms with van der Waals surface area (Å²) in [5, 5.41) is 10.5. The summed E-state index contributed by atoms with van der Waals surface area (Å²) in [7, 11) is 0. The van der Waals surface area contributed by atoms with Crippen LogP contribution in [0.5, 0.6) is 0 Å². The summed E-state index contributed by atoms with van der Waals surface area (Å²) in [5.41, 5.74) is 4.66. The number of hydrogen-bond donors (Lipinski definition) is 1. The van der Waals surface area contributed by atoms with Gasteiger partial charge in [-0.2, -0.15) is 0 Å². The fraction of sp³-hybridized carbons (Fsp3) is 0.250. The molecule has 0 fully saturated rings. The summed E-state index contributed by atoms with van der Waals surface area (Å²) in [5.74, 6) is 0. The third-order valence-electron chi connectivity index (χ3n) is 3.23. The SMILES string of the molecule is Cc1ccc(C)c(CC(O)c2cc(Br)ccc2I)c1. The van der Waals surface area contributed by atoms with Crippen molar-refractivity contribution in [1.82, 2.24) is 0 Å². The largest absolute Gasteiger partial charge is 0.388 e. The predicted octanol–water partition coefficient (Wildman–Crippen LogP) is 4.95. The van der Waals surface area contributed by atoms with Gasteiger partial charge in [0.05, 0.1) is 6.10 Å².